The molecule has 82 valence electrons. The lowest BCUT2D eigenvalue weighted by molar-refractivity contribution is 0.376. The van der Waals surface area contributed by atoms with Crippen LogP contribution in [0.4, 0.5) is 0 Å². The minimum Gasteiger partial charge on any atom is -0.328 e. The van der Waals surface area contributed by atoms with Crippen molar-refractivity contribution in [2.75, 3.05) is 0 Å². The monoisotopic (exact) mass is 206 g/mol. The molecule has 0 atom stereocenters. The van der Waals surface area contributed by atoms with Crippen LogP contribution in [0, 0.1) is 0 Å². The Kier molecular flexibility index (Phi) is 2.24. The fourth-order valence-electron chi connectivity index (χ4n) is 2.85. The van der Waals surface area contributed by atoms with Crippen molar-refractivity contribution in [1.82, 2.24) is 14.8 Å². The van der Waals surface area contributed by atoms with Gasteiger partial charge in [-0.15, -0.1) is 10.2 Å². The zero-order valence-electron chi connectivity index (χ0n) is 9.02. The van der Waals surface area contributed by atoms with Gasteiger partial charge in [-0.3, -0.25) is 0 Å². The Hall–Kier alpha value is -0.900. The first-order valence-corrected chi connectivity index (χ1v) is 6.02. The Labute approximate surface area is 89.9 Å². The van der Waals surface area contributed by atoms with Crippen LogP contribution >= 0.6 is 0 Å². The molecule has 0 unspecified atom stereocenters. The molecule has 0 bridgehead atoms. The van der Waals surface area contributed by atoms with Crippen LogP contribution in [0.5, 0.6) is 0 Å². The fraction of sp³-hybridized carbons (Fsp3) is 0.818. The quantitative estimate of drug-likeness (QED) is 0.751. The van der Waals surface area contributed by atoms with Crippen LogP contribution in [0.1, 0.15) is 49.7 Å². The lowest BCUT2D eigenvalue weighted by Gasteiger charge is -2.25. The minimum atomic E-state index is 0.419. The highest BCUT2D eigenvalue weighted by Crippen LogP contribution is 2.32. The number of nitrogens with zero attached hydrogens (tertiary/aromatic N) is 3. The highest BCUT2D eigenvalue weighted by atomic mass is 15.3. The van der Waals surface area contributed by atoms with Crippen molar-refractivity contribution < 1.29 is 0 Å². The smallest absolute Gasteiger partial charge is 0.136 e. The Balaban J connectivity index is 1.81. The molecule has 1 aromatic rings. The van der Waals surface area contributed by atoms with Crippen LogP contribution in [-0.4, -0.2) is 20.8 Å². The summed E-state index contributed by atoms with van der Waals surface area (Å²) in [7, 11) is 0. The predicted octanol–water partition coefficient (Wildman–Crippen LogP) is 1.21. The number of fused-ring (bicyclic) bond motifs is 1. The van der Waals surface area contributed by atoms with Crippen LogP contribution in [0.3, 0.4) is 0 Å². The summed E-state index contributed by atoms with van der Waals surface area (Å²) in [5, 5.41) is 8.63. The first-order chi connectivity index (χ1) is 7.34. The average Bonchev–Trinajstić information content (AvgIpc) is 2.80. The molecule has 2 N–H and O–H groups in total. The van der Waals surface area contributed by atoms with Gasteiger partial charge >= 0.3 is 0 Å². The third-order valence-electron chi connectivity index (χ3n) is 3.78. The van der Waals surface area contributed by atoms with E-state index in [1.54, 1.807) is 0 Å². The molecule has 4 nitrogen and oxygen atoms in total. The Morgan fingerprint density at radius 3 is 2.73 bits per heavy atom. The molecule has 4 heteroatoms. The van der Waals surface area contributed by atoms with Crippen molar-refractivity contribution in [2.24, 2.45) is 5.73 Å². The molecule has 1 aromatic heterocycles. The molecule has 0 radical (unpaired) electrons. The summed E-state index contributed by atoms with van der Waals surface area (Å²) < 4.78 is 2.33. The Morgan fingerprint density at radius 1 is 1.13 bits per heavy atom. The number of nitrogens with two attached hydrogens (primary N) is 1. The number of rotatable bonds is 1. The fourth-order valence-corrected chi connectivity index (χ4v) is 2.85. The molecule has 1 aliphatic carbocycles. The number of hydrogen-bond acceptors (Lipinski definition) is 3. The van der Waals surface area contributed by atoms with E-state index in [1.165, 1.54) is 30.9 Å². The summed E-state index contributed by atoms with van der Waals surface area (Å²) in [6.07, 6.45) is 7.03. The lowest BCUT2D eigenvalue weighted by atomic mass is 9.86. The summed E-state index contributed by atoms with van der Waals surface area (Å²) in [6.45, 7) is 1.13. The maximum absolute atomic E-state index is 5.92. The van der Waals surface area contributed by atoms with Crippen LogP contribution in [-0.2, 0) is 13.0 Å². The zero-order valence-corrected chi connectivity index (χ0v) is 9.02. The van der Waals surface area contributed by atoms with E-state index in [2.05, 4.69) is 14.8 Å². The zero-order chi connectivity index (χ0) is 10.3. The predicted molar refractivity (Wildman–Crippen MR) is 57.5 cm³/mol. The van der Waals surface area contributed by atoms with E-state index in [4.69, 9.17) is 5.73 Å². The van der Waals surface area contributed by atoms with Crippen molar-refractivity contribution in [1.29, 1.82) is 0 Å². The summed E-state index contributed by atoms with van der Waals surface area (Å²) >= 11 is 0. The van der Waals surface area contributed by atoms with Crippen molar-refractivity contribution >= 4 is 0 Å². The molecule has 2 heterocycles. The molecule has 0 aromatic carbocycles. The molecule has 15 heavy (non-hydrogen) atoms. The first kappa shape index (κ1) is 9.33. The highest BCUT2D eigenvalue weighted by molar-refractivity contribution is 5.06. The first-order valence-electron chi connectivity index (χ1n) is 6.02. The van der Waals surface area contributed by atoms with Gasteiger partial charge in [-0.25, -0.2) is 0 Å². The van der Waals surface area contributed by atoms with Crippen molar-refractivity contribution in [3.05, 3.63) is 11.6 Å². The average molecular weight is 206 g/mol. The molecule has 2 aliphatic rings. The summed E-state index contributed by atoms with van der Waals surface area (Å²) in [5.41, 5.74) is 5.92. The van der Waals surface area contributed by atoms with Gasteiger partial charge in [-0.2, -0.15) is 0 Å². The highest BCUT2D eigenvalue weighted by Gasteiger charge is 2.27. The summed E-state index contributed by atoms with van der Waals surface area (Å²) in [5.74, 6) is 3.04. The number of aromatic nitrogens is 3. The number of hydrogen-bond donors (Lipinski definition) is 1. The second-order valence-electron chi connectivity index (χ2n) is 4.84. The summed E-state index contributed by atoms with van der Waals surface area (Å²) in [6, 6.07) is 0.419. The van der Waals surface area contributed by atoms with Gasteiger partial charge in [0.25, 0.3) is 0 Å². The summed E-state index contributed by atoms with van der Waals surface area (Å²) in [4.78, 5) is 0. The van der Waals surface area contributed by atoms with Gasteiger partial charge in [0.05, 0.1) is 0 Å². The van der Waals surface area contributed by atoms with Gasteiger partial charge in [0, 0.05) is 24.9 Å². The van der Waals surface area contributed by atoms with Crippen LogP contribution in [0.25, 0.3) is 0 Å². The maximum Gasteiger partial charge on any atom is 0.136 e. The molecule has 0 amide bonds. The topological polar surface area (TPSA) is 56.7 Å². The van der Waals surface area contributed by atoms with E-state index >= 15 is 0 Å². The third-order valence-corrected chi connectivity index (χ3v) is 3.78. The molecular formula is C11H18N4. The molecule has 1 fully saturated rings. The lowest BCUT2D eigenvalue weighted by Crippen LogP contribution is -2.26. The van der Waals surface area contributed by atoms with Crippen molar-refractivity contribution in [3.63, 3.8) is 0 Å². The van der Waals surface area contributed by atoms with E-state index in [9.17, 15) is 0 Å². The molecular weight excluding hydrogens is 188 g/mol. The van der Waals surface area contributed by atoms with Crippen LogP contribution in [0.2, 0.25) is 0 Å². The largest absolute Gasteiger partial charge is 0.328 e. The van der Waals surface area contributed by atoms with E-state index in [1.807, 2.05) is 0 Å². The van der Waals surface area contributed by atoms with E-state index in [0.717, 1.165) is 25.8 Å². The molecule has 1 saturated carbocycles. The van der Waals surface area contributed by atoms with Crippen molar-refractivity contribution in [3.8, 4) is 0 Å². The standard InChI is InChI=1S/C11H18N4/c12-9-5-3-8(4-6-9)11-14-13-10-2-1-7-15(10)11/h8-9H,1-7,12H2. The van der Waals surface area contributed by atoms with E-state index in [-0.39, 0.29) is 0 Å². The maximum atomic E-state index is 5.92. The van der Waals surface area contributed by atoms with Gasteiger partial charge in [-0.1, -0.05) is 0 Å². The minimum absolute atomic E-state index is 0.419. The SMILES string of the molecule is NC1CCC(c2nnc3n2CCC3)CC1. The van der Waals surface area contributed by atoms with E-state index < -0.39 is 0 Å². The van der Waals surface area contributed by atoms with Gasteiger partial charge in [0.1, 0.15) is 11.6 Å². The van der Waals surface area contributed by atoms with Gasteiger partial charge in [0.15, 0.2) is 0 Å². The Morgan fingerprint density at radius 2 is 1.93 bits per heavy atom. The van der Waals surface area contributed by atoms with E-state index in [0.29, 0.717) is 12.0 Å². The van der Waals surface area contributed by atoms with Crippen LogP contribution in [0.15, 0.2) is 0 Å². The van der Waals surface area contributed by atoms with Gasteiger partial charge in [-0.05, 0) is 32.1 Å². The normalized spacial score (nSPS) is 30.5. The molecule has 0 spiro atoms. The number of aryl methyl sites for hydroxylation is 1. The Bertz CT molecular complexity index is 349. The second kappa shape index (κ2) is 3.59. The third kappa shape index (κ3) is 1.57. The van der Waals surface area contributed by atoms with Crippen molar-refractivity contribution in [2.45, 2.75) is 57.0 Å². The van der Waals surface area contributed by atoms with Gasteiger partial charge in [0.2, 0.25) is 0 Å². The molecule has 3 rings (SSSR count). The van der Waals surface area contributed by atoms with Crippen LogP contribution < -0.4 is 5.73 Å². The second-order valence-corrected chi connectivity index (χ2v) is 4.84. The molecule has 0 saturated heterocycles. The molecule has 1 aliphatic heterocycles. The van der Waals surface area contributed by atoms with Gasteiger partial charge < -0.3 is 10.3 Å².